The monoisotopic (exact) mass is 299 g/mol. The van der Waals surface area contributed by atoms with Crippen LogP contribution in [-0.4, -0.2) is 29.9 Å². The van der Waals surface area contributed by atoms with Crippen molar-refractivity contribution in [1.29, 1.82) is 0 Å². The van der Waals surface area contributed by atoms with Gasteiger partial charge in [0.1, 0.15) is 5.88 Å². The van der Waals surface area contributed by atoms with E-state index in [-0.39, 0.29) is 5.56 Å². The van der Waals surface area contributed by atoms with Gasteiger partial charge in [-0.1, -0.05) is 23.7 Å². The minimum absolute atomic E-state index is 0.0622. The number of hydrogen-bond donors (Lipinski definition) is 0. The fourth-order valence-corrected chi connectivity index (χ4v) is 1.83. The highest BCUT2D eigenvalue weighted by molar-refractivity contribution is 6.30. The molecule has 0 aliphatic heterocycles. The zero-order valence-corrected chi connectivity index (χ0v) is 10.9. The SMILES string of the molecule is CN(C(=O)CCl)C(c1ccc(Cl)cc1)C(F)(F)F. The van der Waals surface area contributed by atoms with Crippen molar-refractivity contribution in [3.8, 4) is 0 Å². The number of carbonyl (C=O) groups excluding carboxylic acids is 1. The summed E-state index contributed by atoms with van der Waals surface area (Å²) in [5.74, 6) is -1.30. The Hall–Kier alpha value is -0.940. The normalized spacial score (nSPS) is 13.2. The minimum atomic E-state index is -4.58. The summed E-state index contributed by atoms with van der Waals surface area (Å²) in [4.78, 5) is 11.9. The van der Waals surface area contributed by atoms with E-state index < -0.39 is 24.0 Å². The van der Waals surface area contributed by atoms with Crippen LogP contribution in [-0.2, 0) is 4.79 Å². The summed E-state index contributed by atoms with van der Waals surface area (Å²) in [7, 11) is 1.07. The van der Waals surface area contributed by atoms with Gasteiger partial charge in [-0.05, 0) is 17.7 Å². The number of nitrogens with zero attached hydrogens (tertiary/aromatic N) is 1. The van der Waals surface area contributed by atoms with Gasteiger partial charge in [0.15, 0.2) is 6.04 Å². The van der Waals surface area contributed by atoms with E-state index in [1.807, 2.05) is 0 Å². The largest absolute Gasteiger partial charge is 0.413 e. The molecule has 1 aromatic carbocycles. The summed E-state index contributed by atoms with van der Waals surface area (Å²) in [6, 6.07) is 3.13. The van der Waals surface area contributed by atoms with E-state index in [1.165, 1.54) is 24.3 Å². The standard InChI is InChI=1S/C11H10Cl2F3NO/c1-17(9(18)6-12)10(11(14,15)16)7-2-4-8(13)5-3-7/h2-5,10H,6H2,1H3. The molecule has 100 valence electrons. The first kappa shape index (κ1) is 15.1. The third-order valence-electron chi connectivity index (χ3n) is 2.39. The predicted octanol–water partition coefficient (Wildman–Crippen LogP) is 3.64. The number of rotatable bonds is 3. The molecule has 1 rings (SSSR count). The maximum absolute atomic E-state index is 13.0. The van der Waals surface area contributed by atoms with Crippen LogP contribution in [0.1, 0.15) is 11.6 Å². The van der Waals surface area contributed by atoms with Gasteiger partial charge in [-0.25, -0.2) is 0 Å². The molecule has 0 N–H and O–H groups in total. The minimum Gasteiger partial charge on any atom is -0.329 e. The molecule has 0 aliphatic carbocycles. The fourth-order valence-electron chi connectivity index (χ4n) is 1.52. The van der Waals surface area contributed by atoms with E-state index in [0.29, 0.717) is 9.92 Å². The molecule has 0 saturated carbocycles. The highest BCUT2D eigenvalue weighted by atomic mass is 35.5. The zero-order valence-electron chi connectivity index (χ0n) is 9.34. The third kappa shape index (κ3) is 3.53. The van der Waals surface area contributed by atoms with Crippen LogP contribution in [0.3, 0.4) is 0 Å². The number of halogens is 5. The summed E-state index contributed by atoms with van der Waals surface area (Å²) in [5.41, 5.74) is -0.0622. The molecule has 18 heavy (non-hydrogen) atoms. The Kier molecular flexibility index (Phi) is 4.87. The van der Waals surface area contributed by atoms with Gasteiger partial charge >= 0.3 is 6.18 Å². The summed E-state index contributed by atoms with van der Waals surface area (Å²) in [5, 5.41) is 0.325. The Bertz CT molecular complexity index is 419. The fraction of sp³-hybridized carbons (Fsp3) is 0.364. The second kappa shape index (κ2) is 5.80. The maximum atomic E-state index is 13.0. The molecular formula is C11H10Cl2F3NO. The molecule has 1 aromatic rings. The van der Waals surface area contributed by atoms with Crippen molar-refractivity contribution < 1.29 is 18.0 Å². The first-order chi connectivity index (χ1) is 8.27. The van der Waals surface area contributed by atoms with Gasteiger partial charge < -0.3 is 4.90 Å². The number of alkyl halides is 4. The highest BCUT2D eigenvalue weighted by Crippen LogP contribution is 2.37. The lowest BCUT2D eigenvalue weighted by Gasteiger charge is -2.29. The van der Waals surface area contributed by atoms with Gasteiger partial charge in [0.25, 0.3) is 0 Å². The Morgan fingerprint density at radius 2 is 1.83 bits per heavy atom. The summed E-state index contributed by atoms with van der Waals surface area (Å²) >= 11 is 10.9. The average Bonchev–Trinajstić information content (AvgIpc) is 2.29. The first-order valence-corrected chi connectivity index (χ1v) is 5.82. The van der Waals surface area contributed by atoms with Gasteiger partial charge in [-0.3, -0.25) is 4.79 Å². The molecule has 0 radical (unpaired) electrons. The molecule has 2 nitrogen and oxygen atoms in total. The number of carbonyl (C=O) groups is 1. The van der Waals surface area contributed by atoms with Crippen LogP contribution in [0.15, 0.2) is 24.3 Å². The maximum Gasteiger partial charge on any atom is 0.413 e. The molecule has 1 atom stereocenters. The van der Waals surface area contributed by atoms with Gasteiger partial charge in [0.05, 0.1) is 0 Å². The van der Waals surface area contributed by atoms with Gasteiger partial charge in [0.2, 0.25) is 5.91 Å². The van der Waals surface area contributed by atoms with Crippen molar-refractivity contribution in [3.63, 3.8) is 0 Å². The van der Waals surface area contributed by atoms with E-state index in [9.17, 15) is 18.0 Å². The van der Waals surface area contributed by atoms with Crippen LogP contribution in [0.4, 0.5) is 13.2 Å². The summed E-state index contributed by atoms with van der Waals surface area (Å²) in [6.45, 7) is 0. The van der Waals surface area contributed by atoms with Crippen LogP contribution in [0.5, 0.6) is 0 Å². The number of amides is 1. The molecule has 0 saturated heterocycles. The van der Waals surface area contributed by atoms with Crippen LogP contribution in [0.2, 0.25) is 5.02 Å². The van der Waals surface area contributed by atoms with Gasteiger partial charge in [-0.15, -0.1) is 11.6 Å². The van der Waals surface area contributed by atoms with Crippen LogP contribution >= 0.6 is 23.2 Å². The van der Waals surface area contributed by atoms with Crippen molar-refractivity contribution in [2.75, 3.05) is 12.9 Å². The second-order valence-electron chi connectivity index (χ2n) is 3.63. The molecule has 0 fully saturated rings. The van der Waals surface area contributed by atoms with Gasteiger partial charge in [-0.2, -0.15) is 13.2 Å². The van der Waals surface area contributed by atoms with Crippen LogP contribution in [0.25, 0.3) is 0 Å². The molecule has 0 spiro atoms. The van der Waals surface area contributed by atoms with Crippen LogP contribution in [0, 0.1) is 0 Å². The Labute approximate surface area is 112 Å². The lowest BCUT2D eigenvalue weighted by atomic mass is 10.1. The van der Waals surface area contributed by atoms with Crippen molar-refractivity contribution >= 4 is 29.1 Å². The molecule has 7 heteroatoms. The van der Waals surface area contributed by atoms with Crippen LogP contribution < -0.4 is 0 Å². The van der Waals surface area contributed by atoms with Crippen molar-refractivity contribution in [2.24, 2.45) is 0 Å². The number of hydrogen-bond acceptors (Lipinski definition) is 1. The second-order valence-corrected chi connectivity index (χ2v) is 4.34. The molecular weight excluding hydrogens is 290 g/mol. The third-order valence-corrected chi connectivity index (χ3v) is 2.87. The van der Waals surface area contributed by atoms with E-state index in [4.69, 9.17) is 23.2 Å². The summed E-state index contributed by atoms with van der Waals surface area (Å²) < 4.78 is 39.0. The van der Waals surface area contributed by atoms with Crippen molar-refractivity contribution in [2.45, 2.75) is 12.2 Å². The Morgan fingerprint density at radius 3 is 2.22 bits per heavy atom. The Morgan fingerprint density at radius 1 is 1.33 bits per heavy atom. The molecule has 0 bridgehead atoms. The molecule has 0 aromatic heterocycles. The smallest absolute Gasteiger partial charge is 0.329 e. The number of benzene rings is 1. The van der Waals surface area contributed by atoms with E-state index in [1.54, 1.807) is 0 Å². The molecule has 1 amide bonds. The highest BCUT2D eigenvalue weighted by Gasteiger charge is 2.44. The topological polar surface area (TPSA) is 20.3 Å². The predicted molar refractivity (Wildman–Crippen MR) is 63.7 cm³/mol. The Balaban J connectivity index is 3.14. The quantitative estimate of drug-likeness (QED) is 0.780. The average molecular weight is 300 g/mol. The lowest BCUT2D eigenvalue weighted by Crippen LogP contribution is -2.40. The van der Waals surface area contributed by atoms with E-state index in [2.05, 4.69) is 0 Å². The van der Waals surface area contributed by atoms with Crippen molar-refractivity contribution in [3.05, 3.63) is 34.9 Å². The first-order valence-electron chi connectivity index (χ1n) is 4.91. The summed E-state index contributed by atoms with van der Waals surface area (Å²) in [6.07, 6.45) is -4.58. The molecule has 0 heterocycles. The van der Waals surface area contributed by atoms with E-state index in [0.717, 1.165) is 7.05 Å². The molecule has 0 aliphatic rings. The molecule has 1 unspecified atom stereocenters. The van der Waals surface area contributed by atoms with Gasteiger partial charge in [0, 0.05) is 12.1 Å². The lowest BCUT2D eigenvalue weighted by molar-refractivity contribution is -0.187. The zero-order chi connectivity index (χ0) is 13.9. The van der Waals surface area contributed by atoms with E-state index >= 15 is 0 Å². The van der Waals surface area contributed by atoms with Crippen molar-refractivity contribution in [1.82, 2.24) is 4.90 Å².